The Kier molecular flexibility index (Phi) is 2.26. The Morgan fingerprint density at radius 2 is 2.29 bits per heavy atom. The third-order valence-corrected chi connectivity index (χ3v) is 2.81. The van der Waals surface area contributed by atoms with E-state index >= 15 is 0 Å². The van der Waals surface area contributed by atoms with Crippen molar-refractivity contribution in [1.29, 1.82) is 0 Å². The second kappa shape index (κ2) is 3.78. The number of nitrogen functional groups attached to an aromatic ring is 1. The van der Waals surface area contributed by atoms with E-state index in [-0.39, 0.29) is 0 Å². The molecule has 0 unspecified atom stereocenters. The molecule has 3 rings (SSSR count). The molecule has 1 aromatic carbocycles. The summed E-state index contributed by atoms with van der Waals surface area (Å²) in [7, 11) is 0. The van der Waals surface area contributed by atoms with E-state index in [4.69, 9.17) is 21.9 Å². The molecule has 0 fully saturated rings. The summed E-state index contributed by atoms with van der Waals surface area (Å²) in [5.74, 6) is 0.315. The van der Waals surface area contributed by atoms with Crippen molar-refractivity contribution in [2.75, 3.05) is 5.73 Å². The Morgan fingerprint density at radius 1 is 1.41 bits per heavy atom. The van der Waals surface area contributed by atoms with Crippen molar-refractivity contribution in [3.8, 4) is 0 Å². The van der Waals surface area contributed by atoms with Crippen LogP contribution in [0.1, 0.15) is 5.56 Å². The summed E-state index contributed by atoms with van der Waals surface area (Å²) >= 11 is 6.14. The summed E-state index contributed by atoms with van der Waals surface area (Å²) in [5.41, 5.74) is 7.24. The summed E-state index contributed by atoms with van der Waals surface area (Å²) < 4.78 is 6.90. The lowest BCUT2D eigenvalue weighted by Gasteiger charge is -2.02. The average molecular weight is 249 g/mol. The quantitative estimate of drug-likeness (QED) is 0.756. The minimum Gasteiger partial charge on any atom is -0.380 e. The standard InChI is InChI=1S/C11H9ClN4O/c12-8-4-7(6-16-3-1-2-14-16)5-9-10(8)11(13)15-17-9/h1-5H,6H2,(H2,13,15). The van der Waals surface area contributed by atoms with Gasteiger partial charge in [-0.1, -0.05) is 16.8 Å². The molecule has 2 heterocycles. The lowest BCUT2D eigenvalue weighted by atomic mass is 10.1. The van der Waals surface area contributed by atoms with E-state index < -0.39 is 0 Å². The van der Waals surface area contributed by atoms with E-state index in [1.165, 1.54) is 0 Å². The van der Waals surface area contributed by atoms with Crippen molar-refractivity contribution < 1.29 is 4.52 Å². The van der Waals surface area contributed by atoms with Crippen molar-refractivity contribution in [3.63, 3.8) is 0 Å². The smallest absolute Gasteiger partial charge is 0.176 e. The van der Waals surface area contributed by atoms with Gasteiger partial charge in [0.15, 0.2) is 11.4 Å². The summed E-state index contributed by atoms with van der Waals surface area (Å²) in [6, 6.07) is 5.58. The van der Waals surface area contributed by atoms with Crippen molar-refractivity contribution in [3.05, 3.63) is 41.2 Å². The molecule has 0 aliphatic rings. The van der Waals surface area contributed by atoms with E-state index in [9.17, 15) is 0 Å². The largest absolute Gasteiger partial charge is 0.380 e. The molecule has 3 aromatic rings. The Morgan fingerprint density at radius 3 is 3.06 bits per heavy atom. The molecular formula is C11H9ClN4O. The molecule has 0 radical (unpaired) electrons. The monoisotopic (exact) mass is 248 g/mol. The van der Waals surface area contributed by atoms with Gasteiger partial charge in [0.05, 0.1) is 17.0 Å². The van der Waals surface area contributed by atoms with Gasteiger partial charge in [-0.2, -0.15) is 5.10 Å². The predicted octanol–water partition coefficient (Wildman–Crippen LogP) is 2.31. The Balaban J connectivity index is 2.07. The van der Waals surface area contributed by atoms with Crippen LogP contribution in [0.4, 0.5) is 5.82 Å². The highest BCUT2D eigenvalue weighted by Crippen LogP contribution is 2.30. The van der Waals surface area contributed by atoms with Crippen LogP contribution in [0.5, 0.6) is 0 Å². The van der Waals surface area contributed by atoms with Crippen LogP contribution in [0.25, 0.3) is 11.0 Å². The first-order valence-corrected chi connectivity index (χ1v) is 5.42. The zero-order valence-electron chi connectivity index (χ0n) is 8.80. The lowest BCUT2D eigenvalue weighted by Crippen LogP contribution is -1.99. The zero-order chi connectivity index (χ0) is 11.8. The SMILES string of the molecule is Nc1noc2cc(Cn3cccn3)cc(Cl)c12. The fourth-order valence-corrected chi connectivity index (χ4v) is 2.10. The third kappa shape index (κ3) is 1.74. The Hall–Kier alpha value is -2.01. The van der Waals surface area contributed by atoms with Crippen molar-refractivity contribution in [1.82, 2.24) is 14.9 Å². The van der Waals surface area contributed by atoms with E-state index in [0.717, 1.165) is 5.56 Å². The minimum atomic E-state index is 0.315. The number of fused-ring (bicyclic) bond motifs is 1. The molecule has 0 saturated carbocycles. The number of hydrogen-bond donors (Lipinski definition) is 1. The maximum atomic E-state index is 6.14. The molecule has 86 valence electrons. The van der Waals surface area contributed by atoms with Crippen LogP contribution in [-0.4, -0.2) is 14.9 Å². The molecular weight excluding hydrogens is 240 g/mol. The molecule has 0 aliphatic carbocycles. The molecule has 6 heteroatoms. The van der Waals surface area contributed by atoms with E-state index in [2.05, 4.69) is 10.3 Å². The molecule has 0 saturated heterocycles. The van der Waals surface area contributed by atoms with Crippen LogP contribution in [0.3, 0.4) is 0 Å². The third-order valence-electron chi connectivity index (χ3n) is 2.52. The van der Waals surface area contributed by atoms with Crippen LogP contribution in [-0.2, 0) is 6.54 Å². The number of anilines is 1. The first-order valence-electron chi connectivity index (χ1n) is 5.05. The molecule has 0 atom stereocenters. The highest BCUT2D eigenvalue weighted by molar-refractivity contribution is 6.36. The van der Waals surface area contributed by atoms with Gasteiger partial charge in [-0.05, 0) is 23.8 Å². The number of halogens is 1. The van der Waals surface area contributed by atoms with Crippen LogP contribution in [0.15, 0.2) is 35.1 Å². The number of nitrogens with zero attached hydrogens (tertiary/aromatic N) is 3. The Bertz CT molecular complexity index is 659. The number of hydrogen-bond acceptors (Lipinski definition) is 4. The summed E-state index contributed by atoms with van der Waals surface area (Å²) in [5, 5.41) is 9.03. The fourth-order valence-electron chi connectivity index (χ4n) is 1.77. The molecule has 0 spiro atoms. The second-order valence-corrected chi connectivity index (χ2v) is 4.13. The van der Waals surface area contributed by atoms with Crippen LogP contribution in [0.2, 0.25) is 5.02 Å². The maximum absolute atomic E-state index is 6.14. The van der Waals surface area contributed by atoms with Crippen molar-refractivity contribution >= 4 is 28.4 Å². The van der Waals surface area contributed by atoms with Gasteiger partial charge in [-0.15, -0.1) is 0 Å². The van der Waals surface area contributed by atoms with Crippen molar-refractivity contribution in [2.45, 2.75) is 6.54 Å². The van der Waals surface area contributed by atoms with Gasteiger partial charge >= 0.3 is 0 Å². The molecule has 17 heavy (non-hydrogen) atoms. The average Bonchev–Trinajstić information content (AvgIpc) is 2.89. The molecule has 5 nitrogen and oxygen atoms in total. The molecule has 0 amide bonds. The number of benzene rings is 1. The van der Waals surface area contributed by atoms with Gasteiger partial charge in [0, 0.05) is 12.4 Å². The first-order chi connectivity index (χ1) is 8.24. The van der Waals surface area contributed by atoms with Gasteiger partial charge in [0.1, 0.15) is 0 Å². The maximum Gasteiger partial charge on any atom is 0.176 e. The van der Waals surface area contributed by atoms with Crippen LogP contribution < -0.4 is 5.73 Å². The van der Waals surface area contributed by atoms with Crippen molar-refractivity contribution in [2.24, 2.45) is 0 Å². The molecule has 2 aromatic heterocycles. The van der Waals surface area contributed by atoms with E-state index in [0.29, 0.717) is 28.4 Å². The van der Waals surface area contributed by atoms with Gasteiger partial charge in [-0.3, -0.25) is 4.68 Å². The number of rotatable bonds is 2. The summed E-state index contributed by atoms with van der Waals surface area (Å²) in [6.45, 7) is 0.628. The fraction of sp³-hybridized carbons (Fsp3) is 0.0909. The van der Waals surface area contributed by atoms with Crippen LogP contribution >= 0.6 is 11.6 Å². The number of aromatic nitrogens is 3. The molecule has 2 N–H and O–H groups in total. The second-order valence-electron chi connectivity index (χ2n) is 3.72. The van der Waals surface area contributed by atoms with E-state index in [1.807, 2.05) is 24.4 Å². The zero-order valence-corrected chi connectivity index (χ0v) is 9.55. The van der Waals surface area contributed by atoms with Gasteiger partial charge in [-0.25, -0.2) is 0 Å². The predicted molar refractivity (Wildman–Crippen MR) is 64.8 cm³/mol. The number of nitrogens with two attached hydrogens (primary N) is 1. The molecule has 0 aliphatic heterocycles. The minimum absolute atomic E-state index is 0.315. The normalized spacial score (nSPS) is 11.1. The highest BCUT2D eigenvalue weighted by atomic mass is 35.5. The molecule has 0 bridgehead atoms. The summed E-state index contributed by atoms with van der Waals surface area (Å²) in [6.07, 6.45) is 3.61. The first kappa shape index (κ1) is 10.2. The summed E-state index contributed by atoms with van der Waals surface area (Å²) in [4.78, 5) is 0. The van der Waals surface area contributed by atoms with Gasteiger partial charge < -0.3 is 10.3 Å². The highest BCUT2D eigenvalue weighted by Gasteiger charge is 2.11. The van der Waals surface area contributed by atoms with Crippen LogP contribution in [0, 0.1) is 0 Å². The topological polar surface area (TPSA) is 69.9 Å². The van der Waals surface area contributed by atoms with Gasteiger partial charge in [0.2, 0.25) is 0 Å². The van der Waals surface area contributed by atoms with E-state index in [1.54, 1.807) is 10.9 Å². The van der Waals surface area contributed by atoms with Gasteiger partial charge in [0.25, 0.3) is 0 Å². The lowest BCUT2D eigenvalue weighted by molar-refractivity contribution is 0.460. The Labute approximate surface area is 102 Å².